The normalized spacial score (nSPS) is 13.2. The van der Waals surface area contributed by atoms with Gasteiger partial charge >= 0.3 is 0 Å². The Hall–Kier alpha value is -1.46. The van der Waals surface area contributed by atoms with Crippen molar-refractivity contribution >= 4 is 11.0 Å². The highest BCUT2D eigenvalue weighted by Crippen LogP contribution is 2.21. The number of hydrogen-bond donors (Lipinski definition) is 2. The SMILES string of the molecule is CNCC(O)c1cc2ncc(F)cc2n1C. The van der Waals surface area contributed by atoms with Gasteiger partial charge in [0.2, 0.25) is 0 Å². The van der Waals surface area contributed by atoms with Crippen LogP contribution in [0.25, 0.3) is 11.0 Å². The topological polar surface area (TPSA) is 50.1 Å². The van der Waals surface area contributed by atoms with Gasteiger partial charge in [0.1, 0.15) is 11.9 Å². The zero-order valence-corrected chi connectivity index (χ0v) is 9.24. The van der Waals surface area contributed by atoms with Crippen molar-refractivity contribution in [2.24, 2.45) is 7.05 Å². The number of nitrogens with one attached hydrogen (secondary N) is 1. The molecule has 5 heteroatoms. The summed E-state index contributed by atoms with van der Waals surface area (Å²) in [5.74, 6) is -0.372. The van der Waals surface area contributed by atoms with Crippen molar-refractivity contribution < 1.29 is 9.50 Å². The van der Waals surface area contributed by atoms with Crippen molar-refractivity contribution in [1.29, 1.82) is 0 Å². The lowest BCUT2D eigenvalue weighted by molar-refractivity contribution is 0.170. The number of pyridine rings is 1. The Labute approximate surface area is 92.7 Å². The maximum Gasteiger partial charge on any atom is 0.143 e. The number of hydrogen-bond acceptors (Lipinski definition) is 3. The predicted octanol–water partition coefficient (Wildman–Crippen LogP) is 0.965. The summed E-state index contributed by atoms with van der Waals surface area (Å²) in [7, 11) is 3.56. The fourth-order valence-electron chi connectivity index (χ4n) is 1.81. The van der Waals surface area contributed by atoms with Crippen LogP contribution < -0.4 is 5.32 Å². The fourth-order valence-corrected chi connectivity index (χ4v) is 1.81. The third kappa shape index (κ3) is 1.79. The molecule has 86 valence electrons. The fraction of sp³-hybridized carbons (Fsp3) is 0.364. The minimum atomic E-state index is -0.618. The minimum absolute atomic E-state index is 0.372. The van der Waals surface area contributed by atoms with Crippen molar-refractivity contribution in [1.82, 2.24) is 14.9 Å². The Kier molecular flexibility index (Phi) is 2.89. The third-order valence-electron chi connectivity index (χ3n) is 2.64. The summed E-state index contributed by atoms with van der Waals surface area (Å²) in [5, 5.41) is 12.8. The number of fused-ring (bicyclic) bond motifs is 1. The van der Waals surface area contributed by atoms with E-state index in [0.717, 1.165) is 5.69 Å². The smallest absolute Gasteiger partial charge is 0.143 e. The zero-order chi connectivity index (χ0) is 11.7. The molecule has 0 aliphatic heterocycles. The molecule has 0 aromatic carbocycles. The number of rotatable bonds is 3. The molecular formula is C11H14FN3O. The Bertz CT molecular complexity index is 509. The summed E-state index contributed by atoms with van der Waals surface area (Å²) < 4.78 is 14.8. The van der Waals surface area contributed by atoms with Crippen LogP contribution in [0.15, 0.2) is 18.3 Å². The zero-order valence-electron chi connectivity index (χ0n) is 9.24. The Morgan fingerprint density at radius 2 is 2.31 bits per heavy atom. The first-order chi connectivity index (χ1) is 7.63. The van der Waals surface area contributed by atoms with E-state index in [1.165, 1.54) is 12.3 Å². The molecule has 0 radical (unpaired) electrons. The summed E-state index contributed by atoms with van der Waals surface area (Å²) in [6, 6.07) is 3.19. The van der Waals surface area contributed by atoms with E-state index in [1.54, 1.807) is 24.7 Å². The lowest BCUT2D eigenvalue weighted by Crippen LogP contribution is -2.18. The Morgan fingerprint density at radius 3 is 3.00 bits per heavy atom. The molecule has 2 N–H and O–H groups in total. The van der Waals surface area contributed by atoms with Crippen molar-refractivity contribution in [2.75, 3.05) is 13.6 Å². The molecule has 1 unspecified atom stereocenters. The van der Waals surface area contributed by atoms with Crippen LogP contribution in [0, 0.1) is 5.82 Å². The number of aliphatic hydroxyl groups excluding tert-OH is 1. The van der Waals surface area contributed by atoms with E-state index < -0.39 is 6.10 Å². The molecule has 0 amide bonds. The molecule has 2 aromatic heterocycles. The van der Waals surface area contributed by atoms with E-state index in [2.05, 4.69) is 10.3 Å². The van der Waals surface area contributed by atoms with E-state index in [1.807, 2.05) is 0 Å². The van der Waals surface area contributed by atoms with Crippen LogP contribution >= 0.6 is 0 Å². The van der Waals surface area contributed by atoms with Crippen molar-refractivity contribution in [3.05, 3.63) is 29.8 Å². The molecule has 1 atom stereocenters. The van der Waals surface area contributed by atoms with Crippen LogP contribution in [-0.2, 0) is 7.05 Å². The molecule has 0 aliphatic carbocycles. The van der Waals surface area contributed by atoms with Crippen molar-refractivity contribution in [3.63, 3.8) is 0 Å². The van der Waals surface area contributed by atoms with Gasteiger partial charge in [-0.3, -0.25) is 4.98 Å². The van der Waals surface area contributed by atoms with Gasteiger partial charge in [0.05, 0.1) is 22.9 Å². The standard InChI is InChI=1S/C11H14FN3O/c1-13-6-11(16)10-4-8-9(15(10)2)3-7(12)5-14-8/h3-5,11,13,16H,6H2,1-2H3. The molecule has 2 heterocycles. The molecule has 0 saturated carbocycles. The van der Waals surface area contributed by atoms with Crippen LogP contribution in [0.4, 0.5) is 4.39 Å². The number of nitrogens with zero attached hydrogens (tertiary/aromatic N) is 2. The molecule has 0 spiro atoms. The molecule has 0 aliphatic rings. The lowest BCUT2D eigenvalue weighted by atomic mass is 10.2. The van der Waals surface area contributed by atoms with E-state index in [0.29, 0.717) is 17.6 Å². The minimum Gasteiger partial charge on any atom is -0.386 e. The Balaban J connectivity index is 2.51. The Morgan fingerprint density at radius 1 is 1.56 bits per heavy atom. The quantitative estimate of drug-likeness (QED) is 0.815. The van der Waals surface area contributed by atoms with Gasteiger partial charge in [-0.05, 0) is 13.1 Å². The van der Waals surface area contributed by atoms with E-state index in [-0.39, 0.29) is 5.82 Å². The van der Waals surface area contributed by atoms with Gasteiger partial charge in [-0.25, -0.2) is 4.39 Å². The number of aryl methyl sites for hydroxylation is 1. The average Bonchev–Trinajstić information content (AvgIpc) is 2.57. The largest absolute Gasteiger partial charge is 0.386 e. The molecular weight excluding hydrogens is 209 g/mol. The first-order valence-electron chi connectivity index (χ1n) is 5.07. The lowest BCUT2D eigenvalue weighted by Gasteiger charge is -2.11. The van der Waals surface area contributed by atoms with Gasteiger partial charge in [0.25, 0.3) is 0 Å². The maximum atomic E-state index is 13.0. The molecule has 4 nitrogen and oxygen atoms in total. The number of aliphatic hydroxyl groups is 1. The summed E-state index contributed by atoms with van der Waals surface area (Å²) in [6.45, 7) is 0.451. The maximum absolute atomic E-state index is 13.0. The predicted molar refractivity (Wildman–Crippen MR) is 59.6 cm³/mol. The molecule has 2 aromatic rings. The molecule has 0 bridgehead atoms. The first kappa shape index (κ1) is 11.0. The molecule has 16 heavy (non-hydrogen) atoms. The summed E-state index contributed by atoms with van der Waals surface area (Å²) in [6.07, 6.45) is 0.559. The second kappa shape index (κ2) is 4.19. The van der Waals surface area contributed by atoms with Gasteiger partial charge in [-0.2, -0.15) is 0 Å². The number of likely N-dealkylation sites (N-methyl/N-ethyl adjacent to an activating group) is 1. The van der Waals surface area contributed by atoms with E-state index in [4.69, 9.17) is 0 Å². The van der Waals surface area contributed by atoms with Crippen molar-refractivity contribution in [2.45, 2.75) is 6.10 Å². The summed E-state index contributed by atoms with van der Waals surface area (Å²) >= 11 is 0. The van der Waals surface area contributed by atoms with Crippen molar-refractivity contribution in [3.8, 4) is 0 Å². The second-order valence-corrected chi connectivity index (χ2v) is 3.76. The van der Waals surface area contributed by atoms with Crippen LogP contribution in [0.1, 0.15) is 11.8 Å². The van der Waals surface area contributed by atoms with Crippen LogP contribution in [0.3, 0.4) is 0 Å². The van der Waals surface area contributed by atoms with Crippen LogP contribution in [0.5, 0.6) is 0 Å². The summed E-state index contributed by atoms with van der Waals surface area (Å²) in [5.41, 5.74) is 2.10. The van der Waals surface area contributed by atoms with Gasteiger partial charge in [-0.15, -0.1) is 0 Å². The third-order valence-corrected chi connectivity index (χ3v) is 2.64. The molecule has 2 rings (SSSR count). The molecule has 0 saturated heterocycles. The highest BCUT2D eigenvalue weighted by molar-refractivity contribution is 5.77. The second-order valence-electron chi connectivity index (χ2n) is 3.76. The summed E-state index contributed by atoms with van der Waals surface area (Å²) in [4.78, 5) is 3.98. The van der Waals surface area contributed by atoms with Gasteiger partial charge in [0, 0.05) is 19.7 Å². The first-order valence-corrected chi connectivity index (χ1v) is 5.07. The number of halogens is 1. The monoisotopic (exact) mass is 223 g/mol. The van der Waals surface area contributed by atoms with Crippen LogP contribution in [0.2, 0.25) is 0 Å². The van der Waals surface area contributed by atoms with Crippen LogP contribution in [-0.4, -0.2) is 28.3 Å². The van der Waals surface area contributed by atoms with E-state index in [9.17, 15) is 9.50 Å². The highest BCUT2D eigenvalue weighted by Gasteiger charge is 2.14. The highest BCUT2D eigenvalue weighted by atomic mass is 19.1. The average molecular weight is 223 g/mol. The number of aromatic nitrogens is 2. The van der Waals surface area contributed by atoms with E-state index >= 15 is 0 Å². The van der Waals surface area contributed by atoms with Gasteiger partial charge < -0.3 is 15.0 Å². The van der Waals surface area contributed by atoms with Gasteiger partial charge in [-0.1, -0.05) is 0 Å². The molecule has 0 fully saturated rings. The van der Waals surface area contributed by atoms with Gasteiger partial charge in [0.15, 0.2) is 0 Å².